The summed E-state index contributed by atoms with van der Waals surface area (Å²) in [5.41, 5.74) is 4.18. The molecular formula is C14H22O2. The van der Waals surface area contributed by atoms with E-state index in [1.54, 1.807) is 0 Å². The van der Waals surface area contributed by atoms with Gasteiger partial charge < -0.3 is 4.74 Å². The smallest absolute Gasteiger partial charge is 0.302 e. The number of carbonyl (C=O) groups excluding carboxylic acids is 1. The predicted molar refractivity (Wildman–Crippen MR) is 67.6 cm³/mol. The average Bonchev–Trinajstić information content (AvgIpc) is 2.24. The third-order valence-corrected chi connectivity index (χ3v) is 2.38. The lowest BCUT2D eigenvalue weighted by Crippen LogP contribution is -1.98. The quantitative estimate of drug-likeness (QED) is 0.715. The Morgan fingerprint density at radius 1 is 1.19 bits per heavy atom. The van der Waals surface area contributed by atoms with Crippen molar-refractivity contribution in [2.75, 3.05) is 6.61 Å². The molecule has 0 saturated heterocycles. The third-order valence-electron chi connectivity index (χ3n) is 2.38. The molecule has 0 spiro atoms. The zero-order valence-corrected chi connectivity index (χ0v) is 11.0. The zero-order valence-electron chi connectivity index (χ0n) is 11.0. The van der Waals surface area contributed by atoms with E-state index in [9.17, 15) is 4.79 Å². The van der Waals surface area contributed by atoms with Crippen LogP contribution in [-0.4, -0.2) is 12.6 Å². The van der Waals surface area contributed by atoms with Crippen LogP contribution in [0.1, 0.15) is 37.0 Å². The Bertz CT molecular complexity index is 309. The summed E-state index contributed by atoms with van der Waals surface area (Å²) >= 11 is 0. The summed E-state index contributed by atoms with van der Waals surface area (Å²) in [6.07, 6.45) is 0.902. The van der Waals surface area contributed by atoms with Gasteiger partial charge in [0.15, 0.2) is 0 Å². The molecule has 1 aromatic rings. The van der Waals surface area contributed by atoms with E-state index in [4.69, 9.17) is 0 Å². The molecule has 90 valence electrons. The van der Waals surface area contributed by atoms with E-state index in [2.05, 4.69) is 43.7 Å². The Morgan fingerprint density at radius 3 is 1.94 bits per heavy atom. The summed E-state index contributed by atoms with van der Waals surface area (Å²) in [5, 5.41) is 0. The fraction of sp³-hybridized carbons (Fsp3) is 0.500. The lowest BCUT2D eigenvalue weighted by Gasteiger charge is -2.00. The van der Waals surface area contributed by atoms with Gasteiger partial charge in [0.2, 0.25) is 0 Å². The Kier molecular flexibility index (Phi) is 7.27. The lowest BCUT2D eigenvalue weighted by atomic mass is 10.1. The fourth-order valence-corrected chi connectivity index (χ4v) is 1.14. The van der Waals surface area contributed by atoms with Crippen LogP contribution in [0.2, 0.25) is 0 Å². The van der Waals surface area contributed by atoms with Gasteiger partial charge in [-0.3, -0.25) is 4.79 Å². The number of esters is 1. The van der Waals surface area contributed by atoms with Crippen LogP contribution in [0.5, 0.6) is 0 Å². The molecular weight excluding hydrogens is 200 g/mol. The van der Waals surface area contributed by atoms with Crippen molar-refractivity contribution in [2.45, 2.75) is 41.0 Å². The average molecular weight is 222 g/mol. The van der Waals surface area contributed by atoms with Gasteiger partial charge in [0.1, 0.15) is 0 Å². The predicted octanol–water partition coefficient (Wildman–Crippen LogP) is 3.57. The second-order valence-corrected chi connectivity index (χ2v) is 3.86. The molecule has 0 saturated carbocycles. The number of benzene rings is 1. The minimum atomic E-state index is -0.193. The van der Waals surface area contributed by atoms with Crippen molar-refractivity contribution in [3.05, 3.63) is 34.9 Å². The minimum Gasteiger partial charge on any atom is -0.466 e. The van der Waals surface area contributed by atoms with E-state index in [0.717, 1.165) is 6.42 Å². The highest BCUT2D eigenvalue weighted by atomic mass is 16.5. The minimum absolute atomic E-state index is 0.193. The van der Waals surface area contributed by atoms with Gasteiger partial charge in [0, 0.05) is 6.92 Å². The number of ether oxygens (including phenoxy) is 1. The molecule has 2 nitrogen and oxygen atoms in total. The number of aryl methyl sites for hydroxylation is 2. The Labute approximate surface area is 98.6 Å². The van der Waals surface area contributed by atoms with Crippen LogP contribution in [0, 0.1) is 20.8 Å². The molecule has 0 heterocycles. The first kappa shape index (κ1) is 14.7. The summed E-state index contributed by atoms with van der Waals surface area (Å²) in [6, 6.07) is 6.38. The Hall–Kier alpha value is -1.31. The Morgan fingerprint density at radius 2 is 1.69 bits per heavy atom. The first-order chi connectivity index (χ1) is 7.49. The van der Waals surface area contributed by atoms with Gasteiger partial charge in [-0.15, -0.1) is 0 Å². The molecule has 0 atom stereocenters. The number of hydrogen-bond donors (Lipinski definition) is 0. The van der Waals surface area contributed by atoms with Gasteiger partial charge in [-0.05, 0) is 43.9 Å². The topological polar surface area (TPSA) is 26.3 Å². The first-order valence-corrected chi connectivity index (χ1v) is 5.65. The van der Waals surface area contributed by atoms with Crippen LogP contribution in [0.25, 0.3) is 0 Å². The summed E-state index contributed by atoms with van der Waals surface area (Å²) in [4.78, 5) is 9.98. The molecule has 0 amide bonds. The maximum atomic E-state index is 9.98. The second kappa shape index (κ2) is 7.91. The molecule has 0 N–H and O–H groups in total. The molecule has 0 aliphatic carbocycles. The number of carbonyl (C=O) groups is 1. The van der Waals surface area contributed by atoms with Crippen molar-refractivity contribution in [3.63, 3.8) is 0 Å². The molecule has 0 unspecified atom stereocenters. The molecule has 0 aliphatic heterocycles. The molecule has 1 aromatic carbocycles. The molecule has 16 heavy (non-hydrogen) atoms. The zero-order chi connectivity index (χ0) is 12.6. The van der Waals surface area contributed by atoms with Gasteiger partial charge >= 0.3 is 5.97 Å². The normalized spacial score (nSPS) is 9.06. The SMILES string of the molecule is CCCOC(C)=O.Cc1cccc(C)c1C. The maximum Gasteiger partial charge on any atom is 0.302 e. The largest absolute Gasteiger partial charge is 0.466 e. The van der Waals surface area contributed by atoms with Crippen molar-refractivity contribution in [2.24, 2.45) is 0 Å². The van der Waals surface area contributed by atoms with E-state index < -0.39 is 0 Å². The maximum absolute atomic E-state index is 9.98. The van der Waals surface area contributed by atoms with E-state index in [1.807, 2.05) is 6.92 Å². The van der Waals surface area contributed by atoms with E-state index in [-0.39, 0.29) is 5.97 Å². The van der Waals surface area contributed by atoms with Crippen molar-refractivity contribution >= 4 is 5.97 Å². The van der Waals surface area contributed by atoms with E-state index in [1.165, 1.54) is 23.6 Å². The summed E-state index contributed by atoms with van der Waals surface area (Å²) in [6.45, 7) is 10.4. The van der Waals surface area contributed by atoms with E-state index >= 15 is 0 Å². The molecule has 2 heteroatoms. The van der Waals surface area contributed by atoms with Crippen LogP contribution in [0.4, 0.5) is 0 Å². The second-order valence-electron chi connectivity index (χ2n) is 3.86. The standard InChI is InChI=1S/C9H12.C5H10O2/c1-7-5-4-6-8(2)9(7)3;1-3-4-7-5(2)6/h4-6H,1-3H3;3-4H2,1-2H3. The highest BCUT2D eigenvalue weighted by molar-refractivity contribution is 5.65. The van der Waals surface area contributed by atoms with E-state index in [0.29, 0.717) is 6.61 Å². The van der Waals surface area contributed by atoms with Gasteiger partial charge in [-0.25, -0.2) is 0 Å². The summed E-state index contributed by atoms with van der Waals surface area (Å²) in [5.74, 6) is -0.193. The monoisotopic (exact) mass is 222 g/mol. The van der Waals surface area contributed by atoms with Crippen LogP contribution in [-0.2, 0) is 9.53 Å². The molecule has 0 aromatic heterocycles. The van der Waals surface area contributed by atoms with Crippen molar-refractivity contribution in [3.8, 4) is 0 Å². The highest BCUT2D eigenvalue weighted by Gasteiger charge is 1.91. The van der Waals surface area contributed by atoms with Crippen LogP contribution < -0.4 is 0 Å². The number of hydrogen-bond acceptors (Lipinski definition) is 2. The van der Waals surface area contributed by atoms with Crippen LogP contribution >= 0.6 is 0 Å². The summed E-state index contributed by atoms with van der Waals surface area (Å²) in [7, 11) is 0. The fourth-order valence-electron chi connectivity index (χ4n) is 1.14. The van der Waals surface area contributed by atoms with Crippen molar-refractivity contribution in [1.29, 1.82) is 0 Å². The van der Waals surface area contributed by atoms with Crippen molar-refractivity contribution in [1.82, 2.24) is 0 Å². The lowest BCUT2D eigenvalue weighted by molar-refractivity contribution is -0.140. The van der Waals surface area contributed by atoms with Gasteiger partial charge in [0.05, 0.1) is 6.61 Å². The Balaban J connectivity index is 0.000000293. The van der Waals surface area contributed by atoms with Crippen molar-refractivity contribution < 1.29 is 9.53 Å². The molecule has 0 radical (unpaired) electrons. The van der Waals surface area contributed by atoms with Crippen LogP contribution in [0.3, 0.4) is 0 Å². The van der Waals surface area contributed by atoms with Crippen LogP contribution in [0.15, 0.2) is 18.2 Å². The van der Waals surface area contributed by atoms with Gasteiger partial charge in [-0.1, -0.05) is 25.1 Å². The molecule has 0 bridgehead atoms. The summed E-state index contributed by atoms with van der Waals surface area (Å²) < 4.78 is 4.55. The molecule has 0 aliphatic rings. The molecule has 1 rings (SSSR count). The third kappa shape index (κ3) is 6.23. The van der Waals surface area contributed by atoms with Gasteiger partial charge in [0.25, 0.3) is 0 Å². The number of rotatable bonds is 2. The molecule has 0 fully saturated rings. The highest BCUT2D eigenvalue weighted by Crippen LogP contribution is 2.09. The first-order valence-electron chi connectivity index (χ1n) is 5.65. The van der Waals surface area contributed by atoms with Gasteiger partial charge in [-0.2, -0.15) is 0 Å².